The van der Waals surface area contributed by atoms with Gasteiger partial charge in [0.2, 0.25) is 0 Å². The molecule has 0 radical (unpaired) electrons. The molecule has 194 valence electrons. The first-order chi connectivity index (χ1) is 16.6. The Labute approximate surface area is 212 Å². The van der Waals surface area contributed by atoms with Crippen molar-refractivity contribution in [2.75, 3.05) is 26.6 Å². The van der Waals surface area contributed by atoms with Gasteiger partial charge in [0, 0.05) is 38.7 Å². The van der Waals surface area contributed by atoms with Crippen molar-refractivity contribution in [2.24, 2.45) is 10.2 Å². The fourth-order valence-corrected chi connectivity index (χ4v) is 3.47. The molecule has 0 fully saturated rings. The molecule has 2 aromatic rings. The number of benzene rings is 2. The Balaban J connectivity index is 0.00000110. The third-order valence-corrected chi connectivity index (χ3v) is 5.76. The van der Waals surface area contributed by atoms with Gasteiger partial charge in [-0.1, -0.05) is 62.4 Å². The molecule has 0 unspecified atom stereocenters. The van der Waals surface area contributed by atoms with Crippen LogP contribution in [0.25, 0.3) is 5.57 Å². The molecule has 0 aliphatic rings. The molecule has 7 heteroatoms. The SMILES string of the molecule is C=C(C)c1ccc(C/C(C)=N/N=C(\C)c2cccc(S(C)(=O)=O)c2)cc1.CCCOCCC.CO. The molecule has 0 aliphatic carbocycles. The molecule has 0 atom stereocenters. The number of aliphatic hydroxyl groups excluding tert-OH is 1. The molecule has 0 heterocycles. The zero-order valence-electron chi connectivity index (χ0n) is 22.3. The summed E-state index contributed by atoms with van der Waals surface area (Å²) in [5.74, 6) is 0. The maximum absolute atomic E-state index is 11.7. The van der Waals surface area contributed by atoms with Gasteiger partial charge in [0.1, 0.15) is 0 Å². The first-order valence-corrected chi connectivity index (χ1v) is 13.6. The Morgan fingerprint density at radius 1 is 0.914 bits per heavy atom. The van der Waals surface area contributed by atoms with E-state index in [0.717, 1.165) is 61.1 Å². The fraction of sp³-hybridized carbons (Fsp3) is 0.429. The highest BCUT2D eigenvalue weighted by atomic mass is 32.2. The molecule has 35 heavy (non-hydrogen) atoms. The molecule has 0 spiro atoms. The van der Waals surface area contributed by atoms with E-state index < -0.39 is 9.84 Å². The second kappa shape index (κ2) is 17.8. The minimum Gasteiger partial charge on any atom is -0.400 e. The van der Waals surface area contributed by atoms with Gasteiger partial charge in [-0.3, -0.25) is 0 Å². The number of ether oxygens (including phenoxy) is 1. The van der Waals surface area contributed by atoms with Gasteiger partial charge in [-0.05, 0) is 62.4 Å². The van der Waals surface area contributed by atoms with Crippen molar-refractivity contribution < 1.29 is 18.3 Å². The minimum atomic E-state index is -3.24. The van der Waals surface area contributed by atoms with E-state index in [0.29, 0.717) is 12.1 Å². The van der Waals surface area contributed by atoms with Crippen molar-refractivity contribution in [3.63, 3.8) is 0 Å². The van der Waals surface area contributed by atoms with Gasteiger partial charge < -0.3 is 9.84 Å². The highest BCUT2D eigenvalue weighted by molar-refractivity contribution is 7.90. The van der Waals surface area contributed by atoms with Crippen LogP contribution in [0.5, 0.6) is 0 Å². The fourth-order valence-electron chi connectivity index (χ4n) is 2.80. The average molecular weight is 503 g/mol. The molecule has 0 bridgehead atoms. The molecule has 0 aromatic heterocycles. The summed E-state index contributed by atoms with van der Waals surface area (Å²) >= 11 is 0. The summed E-state index contributed by atoms with van der Waals surface area (Å²) in [6.45, 7) is 15.8. The summed E-state index contributed by atoms with van der Waals surface area (Å²) in [4.78, 5) is 0.280. The Morgan fingerprint density at radius 3 is 1.97 bits per heavy atom. The summed E-state index contributed by atoms with van der Waals surface area (Å²) in [5, 5.41) is 15.5. The first kappa shape index (κ1) is 32.4. The zero-order valence-corrected chi connectivity index (χ0v) is 23.2. The lowest BCUT2D eigenvalue weighted by atomic mass is 10.0. The van der Waals surface area contributed by atoms with Crippen LogP contribution in [0.15, 0.2) is 70.2 Å². The van der Waals surface area contributed by atoms with E-state index in [4.69, 9.17) is 9.84 Å². The lowest BCUT2D eigenvalue weighted by Crippen LogP contribution is -2.01. The summed E-state index contributed by atoms with van der Waals surface area (Å²) in [7, 11) is -2.24. The smallest absolute Gasteiger partial charge is 0.175 e. The monoisotopic (exact) mass is 502 g/mol. The van der Waals surface area contributed by atoms with Crippen LogP contribution in [0, 0.1) is 0 Å². The predicted octanol–water partition coefficient (Wildman–Crippen LogP) is 5.98. The van der Waals surface area contributed by atoms with E-state index in [2.05, 4.69) is 54.9 Å². The highest BCUT2D eigenvalue weighted by Gasteiger charge is 2.08. The van der Waals surface area contributed by atoms with Gasteiger partial charge in [-0.25, -0.2) is 8.42 Å². The van der Waals surface area contributed by atoms with Gasteiger partial charge in [0.05, 0.1) is 10.6 Å². The van der Waals surface area contributed by atoms with Crippen LogP contribution in [0.2, 0.25) is 0 Å². The summed E-state index contributed by atoms with van der Waals surface area (Å²) in [6, 6.07) is 15.0. The van der Waals surface area contributed by atoms with Crippen LogP contribution in [0.3, 0.4) is 0 Å². The van der Waals surface area contributed by atoms with Crippen LogP contribution < -0.4 is 0 Å². The maximum atomic E-state index is 11.7. The molecule has 0 amide bonds. The maximum Gasteiger partial charge on any atom is 0.175 e. The number of nitrogens with zero attached hydrogens (tertiary/aromatic N) is 2. The van der Waals surface area contributed by atoms with Gasteiger partial charge in [0.15, 0.2) is 9.84 Å². The van der Waals surface area contributed by atoms with Crippen molar-refractivity contribution in [1.29, 1.82) is 0 Å². The normalized spacial score (nSPS) is 11.7. The third kappa shape index (κ3) is 13.8. The molecule has 2 rings (SSSR count). The molecule has 0 saturated carbocycles. The molecular formula is C28H42N2O4S. The number of allylic oxidation sites excluding steroid dienone is 1. The summed E-state index contributed by atoms with van der Waals surface area (Å²) in [6.07, 6.45) is 4.18. The molecule has 2 aromatic carbocycles. The second-order valence-electron chi connectivity index (χ2n) is 8.09. The number of hydrogen-bond acceptors (Lipinski definition) is 6. The van der Waals surface area contributed by atoms with Gasteiger partial charge >= 0.3 is 0 Å². The molecule has 0 saturated heterocycles. The van der Waals surface area contributed by atoms with Crippen LogP contribution in [0.4, 0.5) is 0 Å². The second-order valence-corrected chi connectivity index (χ2v) is 10.1. The Bertz CT molecular complexity index is 1050. The van der Waals surface area contributed by atoms with Gasteiger partial charge in [-0.2, -0.15) is 10.2 Å². The van der Waals surface area contributed by atoms with E-state index in [9.17, 15) is 8.42 Å². The number of aliphatic hydroxyl groups is 1. The van der Waals surface area contributed by atoms with E-state index in [-0.39, 0.29) is 4.90 Å². The molecule has 0 aliphatic heterocycles. The van der Waals surface area contributed by atoms with Crippen LogP contribution in [0.1, 0.15) is 64.2 Å². The Hall–Kier alpha value is -2.61. The third-order valence-electron chi connectivity index (χ3n) is 4.65. The van der Waals surface area contributed by atoms with Crippen molar-refractivity contribution in [3.8, 4) is 0 Å². The Kier molecular flexibility index (Phi) is 16.4. The van der Waals surface area contributed by atoms with E-state index >= 15 is 0 Å². The first-order valence-electron chi connectivity index (χ1n) is 11.7. The standard InChI is InChI=1S/C21H24N2O2S.C6H14O.CH4O/c1-15(2)19-11-9-18(10-12-19)13-16(3)22-23-17(4)20-7-6-8-21(14-20)26(5,24)25;1-3-5-7-6-4-2;1-2/h6-12,14H,1,13H2,2-5H3;3-6H2,1-2H3;2H,1H3/b22-16+,23-17+;;. The molecular weight excluding hydrogens is 460 g/mol. The predicted molar refractivity (Wildman–Crippen MR) is 149 cm³/mol. The van der Waals surface area contributed by atoms with Crippen LogP contribution in [-0.4, -0.2) is 51.5 Å². The lowest BCUT2D eigenvalue weighted by Gasteiger charge is -2.04. The molecule has 6 nitrogen and oxygen atoms in total. The number of hydrogen-bond donors (Lipinski definition) is 1. The van der Waals surface area contributed by atoms with Crippen LogP contribution >= 0.6 is 0 Å². The summed E-state index contributed by atoms with van der Waals surface area (Å²) < 4.78 is 28.5. The van der Waals surface area contributed by atoms with E-state index in [1.807, 2.05) is 26.8 Å². The largest absolute Gasteiger partial charge is 0.400 e. The summed E-state index contributed by atoms with van der Waals surface area (Å²) in [5.41, 5.74) is 5.62. The van der Waals surface area contributed by atoms with E-state index in [1.54, 1.807) is 18.2 Å². The van der Waals surface area contributed by atoms with E-state index in [1.165, 1.54) is 6.26 Å². The number of sulfone groups is 1. The van der Waals surface area contributed by atoms with Crippen molar-refractivity contribution >= 4 is 26.8 Å². The zero-order chi connectivity index (χ0) is 26.9. The Morgan fingerprint density at radius 2 is 1.49 bits per heavy atom. The van der Waals surface area contributed by atoms with Crippen molar-refractivity contribution in [1.82, 2.24) is 0 Å². The van der Waals surface area contributed by atoms with Crippen molar-refractivity contribution in [3.05, 3.63) is 71.8 Å². The topological polar surface area (TPSA) is 88.3 Å². The van der Waals surface area contributed by atoms with Crippen LogP contribution in [-0.2, 0) is 21.0 Å². The highest BCUT2D eigenvalue weighted by Crippen LogP contribution is 2.14. The average Bonchev–Trinajstić information content (AvgIpc) is 2.84. The minimum absolute atomic E-state index is 0.280. The van der Waals surface area contributed by atoms with Crippen molar-refractivity contribution in [2.45, 2.75) is 58.8 Å². The van der Waals surface area contributed by atoms with Gasteiger partial charge in [0.25, 0.3) is 0 Å². The van der Waals surface area contributed by atoms with Gasteiger partial charge in [-0.15, -0.1) is 0 Å². The lowest BCUT2D eigenvalue weighted by molar-refractivity contribution is 0.135. The quantitative estimate of drug-likeness (QED) is 0.246. The molecule has 1 N–H and O–H groups in total. The number of rotatable bonds is 10.